The molecule has 6 heteroatoms. The molecule has 1 unspecified atom stereocenters. The summed E-state index contributed by atoms with van der Waals surface area (Å²) in [6.07, 6.45) is 2.90. The van der Waals surface area contributed by atoms with Gasteiger partial charge in [0.25, 0.3) is 0 Å². The molecule has 1 aromatic carbocycles. The van der Waals surface area contributed by atoms with Crippen molar-refractivity contribution in [1.29, 1.82) is 0 Å². The quantitative estimate of drug-likeness (QED) is 0.849. The first-order valence-corrected chi connectivity index (χ1v) is 6.31. The molecule has 1 heterocycles. The van der Waals surface area contributed by atoms with Gasteiger partial charge in [-0.25, -0.2) is 0 Å². The van der Waals surface area contributed by atoms with Crippen molar-refractivity contribution in [3.8, 4) is 5.75 Å². The predicted octanol–water partition coefficient (Wildman–Crippen LogP) is 1.93. The van der Waals surface area contributed by atoms with Gasteiger partial charge in [0.15, 0.2) is 0 Å². The largest absolute Gasteiger partial charge is 0.489 e. The van der Waals surface area contributed by atoms with Crippen molar-refractivity contribution in [3.05, 3.63) is 41.7 Å². The van der Waals surface area contributed by atoms with E-state index in [1.165, 1.54) is 0 Å². The van der Waals surface area contributed by atoms with E-state index in [-0.39, 0.29) is 6.61 Å². The Kier molecular flexibility index (Phi) is 4.65. The van der Waals surface area contributed by atoms with Gasteiger partial charge in [-0.05, 0) is 12.1 Å². The van der Waals surface area contributed by atoms with Gasteiger partial charge < -0.3 is 15.2 Å². The van der Waals surface area contributed by atoms with Crippen LogP contribution in [0.1, 0.15) is 0 Å². The van der Waals surface area contributed by atoms with Crippen LogP contribution in [0.2, 0.25) is 5.02 Å². The summed E-state index contributed by atoms with van der Waals surface area (Å²) in [6, 6.07) is 7.18. The minimum atomic E-state index is -0.628. The van der Waals surface area contributed by atoms with E-state index in [2.05, 4.69) is 10.4 Å². The normalized spacial score (nSPS) is 12.2. The lowest BCUT2D eigenvalue weighted by Crippen LogP contribution is -2.26. The zero-order valence-electron chi connectivity index (χ0n) is 10.6. The van der Waals surface area contributed by atoms with Crippen molar-refractivity contribution in [1.82, 2.24) is 9.78 Å². The van der Waals surface area contributed by atoms with Crippen LogP contribution in [0.3, 0.4) is 0 Å². The number of benzene rings is 1. The number of aliphatic hydroxyl groups is 1. The second-order valence-corrected chi connectivity index (χ2v) is 4.59. The molecule has 2 N–H and O–H groups in total. The summed E-state index contributed by atoms with van der Waals surface area (Å²) in [4.78, 5) is 0. The molecule has 0 saturated carbocycles. The molecule has 0 fully saturated rings. The molecule has 1 atom stereocenters. The maximum absolute atomic E-state index is 9.81. The fourth-order valence-electron chi connectivity index (χ4n) is 1.55. The molecule has 0 radical (unpaired) electrons. The van der Waals surface area contributed by atoms with Gasteiger partial charge in [0.05, 0.1) is 16.9 Å². The predicted molar refractivity (Wildman–Crippen MR) is 74.7 cm³/mol. The first-order chi connectivity index (χ1) is 9.15. The Hall–Kier alpha value is -1.72. The van der Waals surface area contributed by atoms with Crippen molar-refractivity contribution in [2.24, 2.45) is 7.05 Å². The lowest BCUT2D eigenvalue weighted by molar-refractivity contribution is 0.117. The Labute approximate surface area is 116 Å². The topological polar surface area (TPSA) is 59.3 Å². The Bertz CT molecular complexity index is 530. The number of nitrogens with zero attached hydrogens (tertiary/aromatic N) is 2. The molecule has 0 aliphatic carbocycles. The van der Waals surface area contributed by atoms with Gasteiger partial charge in [0, 0.05) is 19.8 Å². The number of halogens is 1. The van der Waals surface area contributed by atoms with Crippen molar-refractivity contribution >= 4 is 17.3 Å². The van der Waals surface area contributed by atoms with Gasteiger partial charge in [-0.15, -0.1) is 0 Å². The zero-order chi connectivity index (χ0) is 13.7. The summed E-state index contributed by atoms with van der Waals surface area (Å²) in [7, 11) is 1.84. The Balaban J connectivity index is 1.76. The fourth-order valence-corrected chi connectivity index (χ4v) is 1.75. The smallest absolute Gasteiger partial charge is 0.138 e. The number of hydrogen-bond donors (Lipinski definition) is 2. The highest BCUT2D eigenvalue weighted by Crippen LogP contribution is 2.23. The van der Waals surface area contributed by atoms with E-state index >= 15 is 0 Å². The number of aliphatic hydroxyl groups excluding tert-OH is 1. The molecule has 102 valence electrons. The maximum Gasteiger partial charge on any atom is 0.138 e. The van der Waals surface area contributed by atoms with Crippen LogP contribution >= 0.6 is 11.6 Å². The number of rotatable bonds is 6. The highest BCUT2D eigenvalue weighted by atomic mass is 35.5. The SMILES string of the molecule is Cn1cc(NCC(O)COc2ccccc2Cl)cn1. The highest BCUT2D eigenvalue weighted by molar-refractivity contribution is 6.32. The van der Waals surface area contributed by atoms with Gasteiger partial charge in [-0.3, -0.25) is 4.68 Å². The molecular formula is C13H16ClN3O2. The molecule has 2 aromatic rings. The molecule has 0 spiro atoms. The summed E-state index contributed by atoms with van der Waals surface area (Å²) in [5, 5.41) is 17.4. The Morgan fingerprint density at radius 1 is 1.47 bits per heavy atom. The first-order valence-electron chi connectivity index (χ1n) is 5.93. The van der Waals surface area contributed by atoms with E-state index < -0.39 is 6.10 Å². The third-order valence-corrected chi connectivity index (χ3v) is 2.83. The summed E-state index contributed by atoms with van der Waals surface area (Å²) in [6.45, 7) is 0.563. The van der Waals surface area contributed by atoms with Crippen LogP contribution < -0.4 is 10.1 Å². The van der Waals surface area contributed by atoms with Crippen LogP contribution in [0.5, 0.6) is 5.75 Å². The standard InChI is InChI=1S/C13H16ClN3O2/c1-17-8-10(6-16-17)15-7-11(18)9-19-13-5-3-2-4-12(13)14/h2-6,8,11,15,18H,7,9H2,1H3. The molecule has 0 amide bonds. The molecule has 0 bridgehead atoms. The number of aromatic nitrogens is 2. The minimum Gasteiger partial charge on any atom is -0.489 e. The van der Waals surface area contributed by atoms with Crippen LogP contribution in [0.4, 0.5) is 5.69 Å². The molecule has 0 saturated heterocycles. The molecule has 5 nitrogen and oxygen atoms in total. The lowest BCUT2D eigenvalue weighted by atomic mass is 10.3. The second-order valence-electron chi connectivity index (χ2n) is 4.18. The van der Waals surface area contributed by atoms with Crippen molar-refractivity contribution in [3.63, 3.8) is 0 Å². The average Bonchev–Trinajstić information content (AvgIpc) is 2.81. The average molecular weight is 282 g/mol. The minimum absolute atomic E-state index is 0.178. The third-order valence-electron chi connectivity index (χ3n) is 2.51. The Morgan fingerprint density at radius 3 is 2.95 bits per heavy atom. The van der Waals surface area contributed by atoms with E-state index in [4.69, 9.17) is 16.3 Å². The second kappa shape index (κ2) is 6.45. The van der Waals surface area contributed by atoms with Crippen LogP contribution in [0.25, 0.3) is 0 Å². The summed E-state index contributed by atoms with van der Waals surface area (Å²) in [5.74, 6) is 0.574. The number of hydrogen-bond acceptors (Lipinski definition) is 4. The monoisotopic (exact) mass is 281 g/mol. The van der Waals surface area contributed by atoms with Crippen LogP contribution in [0, 0.1) is 0 Å². The third kappa shape index (κ3) is 4.15. The van der Waals surface area contributed by atoms with Crippen molar-refractivity contribution < 1.29 is 9.84 Å². The maximum atomic E-state index is 9.81. The number of anilines is 1. The summed E-state index contributed by atoms with van der Waals surface area (Å²) < 4.78 is 7.14. The van der Waals surface area contributed by atoms with E-state index in [0.717, 1.165) is 5.69 Å². The highest BCUT2D eigenvalue weighted by Gasteiger charge is 2.07. The zero-order valence-corrected chi connectivity index (χ0v) is 11.3. The van der Waals surface area contributed by atoms with Crippen molar-refractivity contribution in [2.45, 2.75) is 6.10 Å². The number of nitrogens with one attached hydrogen (secondary N) is 1. The van der Waals surface area contributed by atoms with Crippen LogP contribution in [-0.2, 0) is 7.05 Å². The molecule has 0 aliphatic rings. The summed E-state index contributed by atoms with van der Waals surface area (Å²) in [5.41, 5.74) is 0.860. The molecular weight excluding hydrogens is 266 g/mol. The molecule has 19 heavy (non-hydrogen) atoms. The van der Waals surface area contributed by atoms with Gasteiger partial charge >= 0.3 is 0 Å². The van der Waals surface area contributed by atoms with Crippen LogP contribution in [0.15, 0.2) is 36.7 Å². The molecule has 2 rings (SSSR count). The van der Waals surface area contributed by atoms with Gasteiger partial charge in [0.2, 0.25) is 0 Å². The molecule has 1 aromatic heterocycles. The van der Waals surface area contributed by atoms with Gasteiger partial charge in [-0.1, -0.05) is 23.7 Å². The molecule has 0 aliphatic heterocycles. The number of aryl methyl sites for hydroxylation is 1. The van der Waals surface area contributed by atoms with Crippen molar-refractivity contribution in [2.75, 3.05) is 18.5 Å². The van der Waals surface area contributed by atoms with Gasteiger partial charge in [0.1, 0.15) is 18.5 Å². The summed E-state index contributed by atoms with van der Waals surface area (Å²) >= 11 is 5.95. The van der Waals surface area contributed by atoms with E-state index in [9.17, 15) is 5.11 Å². The Morgan fingerprint density at radius 2 is 2.26 bits per heavy atom. The lowest BCUT2D eigenvalue weighted by Gasteiger charge is -2.13. The number of ether oxygens (including phenoxy) is 1. The number of para-hydroxylation sites is 1. The van der Waals surface area contributed by atoms with Crippen LogP contribution in [-0.4, -0.2) is 34.1 Å². The van der Waals surface area contributed by atoms with Gasteiger partial charge in [-0.2, -0.15) is 5.10 Å². The van der Waals surface area contributed by atoms with E-state index in [1.54, 1.807) is 23.0 Å². The fraction of sp³-hybridized carbons (Fsp3) is 0.308. The first kappa shape index (κ1) is 13.7. The van der Waals surface area contributed by atoms with E-state index in [1.807, 2.05) is 25.4 Å². The van der Waals surface area contributed by atoms with E-state index in [0.29, 0.717) is 17.3 Å².